The van der Waals surface area contributed by atoms with Crippen LogP contribution in [-0.4, -0.2) is 33.2 Å². The van der Waals surface area contributed by atoms with Crippen molar-refractivity contribution in [2.24, 2.45) is 5.92 Å². The second kappa shape index (κ2) is 4.61. The molecule has 114 valence electrons. The lowest BCUT2D eigenvalue weighted by Crippen LogP contribution is -2.47. The van der Waals surface area contributed by atoms with E-state index in [0.29, 0.717) is 0 Å². The Kier molecular flexibility index (Phi) is 3.07. The van der Waals surface area contributed by atoms with Crippen molar-refractivity contribution in [1.82, 2.24) is 0 Å². The van der Waals surface area contributed by atoms with Crippen LogP contribution in [0.2, 0.25) is 0 Å². The molecule has 1 aromatic carbocycles. The van der Waals surface area contributed by atoms with Crippen LogP contribution in [0.15, 0.2) is 29.3 Å². The van der Waals surface area contributed by atoms with Crippen molar-refractivity contribution in [3.63, 3.8) is 0 Å². The molecule has 1 aromatic rings. The monoisotopic (exact) mass is 300 g/mol. The van der Waals surface area contributed by atoms with E-state index in [-0.39, 0.29) is 46.6 Å². The summed E-state index contributed by atoms with van der Waals surface area (Å²) in [7, 11) is 0. The Hall–Kier alpha value is -2.27. The number of hydrogen-bond acceptors (Lipinski definition) is 5. The van der Waals surface area contributed by atoms with Crippen molar-refractivity contribution >= 4 is 17.3 Å². The van der Waals surface area contributed by atoms with E-state index in [4.69, 9.17) is 0 Å². The highest BCUT2D eigenvalue weighted by atomic mass is 16.3. The molecule has 0 saturated heterocycles. The third-order valence-corrected chi connectivity index (χ3v) is 4.56. The number of phenolic OH excluding ortho intramolecular Hbond substituents is 1. The smallest absolute Gasteiger partial charge is 0.193 e. The second-order valence-corrected chi connectivity index (χ2v) is 6.15. The number of ketones is 3. The minimum Gasteiger partial charge on any atom is -0.507 e. The van der Waals surface area contributed by atoms with Gasteiger partial charge in [0.15, 0.2) is 11.6 Å². The maximum absolute atomic E-state index is 12.8. The Labute approximate surface area is 127 Å². The normalized spacial score (nSPS) is 27.5. The van der Waals surface area contributed by atoms with Crippen molar-refractivity contribution in [2.45, 2.75) is 32.3 Å². The van der Waals surface area contributed by atoms with Gasteiger partial charge in [0.25, 0.3) is 0 Å². The van der Waals surface area contributed by atoms with Gasteiger partial charge in [0, 0.05) is 16.7 Å². The Morgan fingerprint density at radius 1 is 1.27 bits per heavy atom. The van der Waals surface area contributed by atoms with Crippen LogP contribution in [0.1, 0.15) is 47.4 Å². The lowest BCUT2D eigenvalue weighted by molar-refractivity contribution is -0.127. The number of aromatic hydroxyl groups is 1. The number of carbonyl (C=O) groups is 3. The standard InChI is InChI=1S/C17H16O5/c1-8(18)14-13-10(6-7-17(14,2)22)15(20)12-9(16(13)21)4-3-5-11(12)19/h3-5,14,19,22H,6-7H2,1-2H3/t14-,17-/m1/s1. The fraction of sp³-hybridized carbons (Fsp3) is 0.353. The zero-order chi connectivity index (χ0) is 16.2. The second-order valence-electron chi connectivity index (χ2n) is 6.15. The molecule has 2 atom stereocenters. The van der Waals surface area contributed by atoms with Crippen molar-refractivity contribution in [1.29, 1.82) is 0 Å². The molecule has 0 aliphatic heterocycles. The van der Waals surface area contributed by atoms with E-state index < -0.39 is 23.1 Å². The summed E-state index contributed by atoms with van der Waals surface area (Å²) >= 11 is 0. The number of benzene rings is 1. The number of allylic oxidation sites excluding steroid dienone is 1. The van der Waals surface area contributed by atoms with E-state index in [2.05, 4.69) is 0 Å². The van der Waals surface area contributed by atoms with Gasteiger partial charge in [-0.05, 0) is 32.8 Å². The summed E-state index contributed by atoms with van der Waals surface area (Å²) in [5.41, 5.74) is -0.935. The lowest BCUT2D eigenvalue weighted by atomic mass is 9.65. The summed E-state index contributed by atoms with van der Waals surface area (Å²) in [5.74, 6) is -2.48. The van der Waals surface area contributed by atoms with Gasteiger partial charge in [-0.15, -0.1) is 0 Å². The van der Waals surface area contributed by atoms with E-state index in [9.17, 15) is 24.6 Å². The summed E-state index contributed by atoms with van der Waals surface area (Å²) in [6.07, 6.45) is 0.433. The zero-order valence-electron chi connectivity index (χ0n) is 12.3. The van der Waals surface area contributed by atoms with E-state index in [1.165, 1.54) is 32.0 Å². The third kappa shape index (κ3) is 1.85. The van der Waals surface area contributed by atoms with Crippen LogP contribution in [0.4, 0.5) is 0 Å². The fourth-order valence-corrected chi connectivity index (χ4v) is 3.55. The highest BCUT2D eigenvalue weighted by molar-refractivity contribution is 6.29. The average Bonchev–Trinajstić information content (AvgIpc) is 2.42. The van der Waals surface area contributed by atoms with Crippen molar-refractivity contribution in [3.8, 4) is 5.75 Å². The van der Waals surface area contributed by atoms with Gasteiger partial charge in [0.2, 0.25) is 0 Å². The molecule has 22 heavy (non-hydrogen) atoms. The summed E-state index contributed by atoms with van der Waals surface area (Å²) in [6.45, 7) is 2.82. The first kappa shape index (κ1) is 14.7. The molecule has 0 fully saturated rings. The van der Waals surface area contributed by atoms with Gasteiger partial charge in [-0.25, -0.2) is 0 Å². The van der Waals surface area contributed by atoms with Gasteiger partial charge in [0.1, 0.15) is 11.5 Å². The SMILES string of the molecule is CC(=O)[C@@H]1C2=C(CC[C@@]1(C)O)C(=O)c1c(O)cccc1C2=O. The van der Waals surface area contributed by atoms with Crippen LogP contribution in [0.25, 0.3) is 0 Å². The van der Waals surface area contributed by atoms with Crippen LogP contribution in [-0.2, 0) is 4.79 Å². The topological polar surface area (TPSA) is 91.7 Å². The average molecular weight is 300 g/mol. The molecule has 0 saturated carbocycles. The molecule has 2 N–H and O–H groups in total. The largest absolute Gasteiger partial charge is 0.507 e. The summed E-state index contributed by atoms with van der Waals surface area (Å²) < 4.78 is 0. The summed E-state index contributed by atoms with van der Waals surface area (Å²) in [6, 6.07) is 4.30. The number of phenols is 1. The molecule has 5 heteroatoms. The van der Waals surface area contributed by atoms with Crippen LogP contribution in [0.5, 0.6) is 5.75 Å². The van der Waals surface area contributed by atoms with E-state index in [1.54, 1.807) is 0 Å². The van der Waals surface area contributed by atoms with E-state index >= 15 is 0 Å². The van der Waals surface area contributed by atoms with Crippen molar-refractivity contribution in [2.75, 3.05) is 0 Å². The molecule has 0 amide bonds. The van der Waals surface area contributed by atoms with Crippen molar-refractivity contribution < 1.29 is 24.6 Å². The minimum absolute atomic E-state index is 0.00454. The first-order chi connectivity index (χ1) is 10.3. The van der Waals surface area contributed by atoms with Gasteiger partial charge in [-0.1, -0.05) is 12.1 Å². The summed E-state index contributed by atoms with van der Waals surface area (Å²) in [4.78, 5) is 37.4. The number of carbonyl (C=O) groups excluding carboxylic acids is 3. The molecule has 2 aliphatic carbocycles. The van der Waals surface area contributed by atoms with Crippen molar-refractivity contribution in [3.05, 3.63) is 40.5 Å². The predicted octanol–water partition coefficient (Wildman–Crippen LogP) is 1.82. The Bertz CT molecular complexity index is 754. The van der Waals surface area contributed by atoms with Crippen LogP contribution >= 0.6 is 0 Å². The minimum atomic E-state index is -1.35. The number of rotatable bonds is 1. The molecular formula is C17H16O5. The van der Waals surface area contributed by atoms with Gasteiger partial charge in [-0.3, -0.25) is 14.4 Å². The molecule has 2 aliphatic rings. The Balaban J connectivity index is 2.27. The highest BCUT2D eigenvalue weighted by Crippen LogP contribution is 2.45. The van der Waals surface area contributed by atoms with Gasteiger partial charge >= 0.3 is 0 Å². The lowest BCUT2D eigenvalue weighted by Gasteiger charge is -2.39. The first-order valence-electron chi connectivity index (χ1n) is 7.13. The number of hydrogen-bond donors (Lipinski definition) is 2. The third-order valence-electron chi connectivity index (χ3n) is 4.56. The number of fused-ring (bicyclic) bond motifs is 1. The Morgan fingerprint density at radius 2 is 1.95 bits per heavy atom. The predicted molar refractivity (Wildman–Crippen MR) is 77.8 cm³/mol. The van der Waals surface area contributed by atoms with Crippen LogP contribution in [0, 0.1) is 5.92 Å². The molecular weight excluding hydrogens is 284 g/mol. The summed E-state index contributed by atoms with van der Waals surface area (Å²) in [5, 5.41) is 20.4. The molecule has 0 unspecified atom stereocenters. The van der Waals surface area contributed by atoms with Gasteiger partial charge < -0.3 is 10.2 Å². The van der Waals surface area contributed by atoms with Crippen LogP contribution in [0.3, 0.4) is 0 Å². The van der Waals surface area contributed by atoms with Gasteiger partial charge in [-0.2, -0.15) is 0 Å². The molecule has 0 spiro atoms. The first-order valence-corrected chi connectivity index (χ1v) is 7.13. The maximum atomic E-state index is 12.8. The molecule has 5 nitrogen and oxygen atoms in total. The maximum Gasteiger partial charge on any atom is 0.193 e. The highest BCUT2D eigenvalue weighted by Gasteiger charge is 2.49. The number of Topliss-reactive ketones (excluding diaryl/α,β-unsaturated/α-hetero) is 3. The van der Waals surface area contributed by atoms with Gasteiger partial charge in [0.05, 0.1) is 17.1 Å². The molecule has 0 heterocycles. The van der Waals surface area contributed by atoms with E-state index in [0.717, 1.165) is 0 Å². The zero-order valence-corrected chi connectivity index (χ0v) is 12.3. The fourth-order valence-electron chi connectivity index (χ4n) is 3.55. The molecule has 0 aromatic heterocycles. The van der Waals surface area contributed by atoms with E-state index in [1.807, 2.05) is 0 Å². The Morgan fingerprint density at radius 3 is 2.59 bits per heavy atom. The van der Waals surface area contributed by atoms with Crippen LogP contribution < -0.4 is 0 Å². The molecule has 0 radical (unpaired) electrons. The molecule has 3 rings (SSSR count). The quantitative estimate of drug-likeness (QED) is 0.825. The number of aliphatic hydroxyl groups is 1. The molecule has 0 bridgehead atoms.